The van der Waals surface area contributed by atoms with E-state index in [0.717, 1.165) is 53.9 Å². The summed E-state index contributed by atoms with van der Waals surface area (Å²) in [4.78, 5) is 18.0. The molecule has 9 heteroatoms. The van der Waals surface area contributed by atoms with E-state index in [2.05, 4.69) is 10.6 Å². The molecule has 0 radical (unpaired) electrons. The minimum Gasteiger partial charge on any atom is -0.381 e. The minimum atomic E-state index is -4.41. The average molecular weight is 487 g/mol. The van der Waals surface area contributed by atoms with Crippen molar-refractivity contribution in [3.8, 4) is 0 Å². The van der Waals surface area contributed by atoms with Crippen LogP contribution in [-0.2, 0) is 23.9 Å². The van der Waals surface area contributed by atoms with Crippen molar-refractivity contribution in [2.45, 2.75) is 57.9 Å². The number of ether oxygens (including phenoxy) is 1. The molecule has 2 N–H and O–H groups in total. The zero-order valence-electron chi connectivity index (χ0n) is 19.8. The summed E-state index contributed by atoms with van der Waals surface area (Å²) in [5.41, 5.74) is 1.99. The highest BCUT2D eigenvalue weighted by atomic mass is 19.4. The molecule has 2 aliphatic heterocycles. The Hall–Kier alpha value is -2.91. The number of nitrogens with zero attached hydrogens (tertiary/aromatic N) is 2. The Balaban J connectivity index is 1.61. The number of hydrogen-bond acceptors (Lipinski definition) is 5. The number of aromatic nitrogens is 2. The molecule has 2 aliphatic rings. The van der Waals surface area contributed by atoms with E-state index in [1.165, 1.54) is 13.0 Å². The summed E-state index contributed by atoms with van der Waals surface area (Å²) in [6.07, 6.45) is -0.311. The van der Waals surface area contributed by atoms with E-state index in [-0.39, 0.29) is 17.2 Å². The van der Waals surface area contributed by atoms with Crippen LogP contribution >= 0.6 is 0 Å². The fourth-order valence-electron chi connectivity index (χ4n) is 5.30. The van der Waals surface area contributed by atoms with Crippen molar-refractivity contribution in [2.24, 2.45) is 0 Å². The lowest BCUT2D eigenvalue weighted by molar-refractivity contribution is -0.138. The largest absolute Gasteiger partial charge is 0.416 e. The number of pyridine rings is 2. The molecule has 5 rings (SSSR count). The van der Waals surface area contributed by atoms with Crippen molar-refractivity contribution in [2.75, 3.05) is 25.1 Å². The molecule has 35 heavy (non-hydrogen) atoms. The second kappa shape index (κ2) is 9.28. The Morgan fingerprint density at radius 1 is 1.23 bits per heavy atom. The number of anilines is 1. The molecule has 3 aromatic rings. The second-order valence-corrected chi connectivity index (χ2v) is 9.39. The van der Waals surface area contributed by atoms with E-state index in [4.69, 9.17) is 9.72 Å². The first kappa shape index (κ1) is 23.8. The van der Waals surface area contributed by atoms with Gasteiger partial charge in [-0.2, -0.15) is 13.2 Å². The molecule has 2 aromatic heterocycles. The lowest BCUT2D eigenvalue weighted by atomic mass is 9.96. The predicted molar refractivity (Wildman–Crippen MR) is 129 cm³/mol. The molecule has 0 spiro atoms. The van der Waals surface area contributed by atoms with Gasteiger partial charge in [-0.25, -0.2) is 4.98 Å². The van der Waals surface area contributed by atoms with Crippen molar-refractivity contribution >= 4 is 16.6 Å². The molecule has 186 valence electrons. The van der Waals surface area contributed by atoms with E-state index in [1.54, 1.807) is 16.7 Å². The second-order valence-electron chi connectivity index (χ2n) is 9.39. The first-order valence-corrected chi connectivity index (χ1v) is 12.0. The van der Waals surface area contributed by atoms with Crippen LogP contribution in [-0.4, -0.2) is 29.3 Å². The molecule has 1 aromatic carbocycles. The summed E-state index contributed by atoms with van der Waals surface area (Å²) >= 11 is 0. The van der Waals surface area contributed by atoms with Crippen molar-refractivity contribution in [3.05, 3.63) is 68.8 Å². The highest BCUT2D eigenvalue weighted by Crippen LogP contribution is 2.36. The van der Waals surface area contributed by atoms with Gasteiger partial charge in [-0.15, -0.1) is 0 Å². The number of fused-ring (bicyclic) bond motifs is 3. The Kier molecular flexibility index (Phi) is 6.31. The maximum atomic E-state index is 13.5. The van der Waals surface area contributed by atoms with Gasteiger partial charge in [0.05, 0.1) is 11.6 Å². The molecule has 0 saturated carbocycles. The van der Waals surface area contributed by atoms with E-state index < -0.39 is 17.8 Å². The number of hydrogen-bond donors (Lipinski definition) is 2. The zero-order chi connectivity index (χ0) is 24.7. The molecule has 1 saturated heterocycles. The standard InChI is InChI=1S/C26H29F3N4O2/c1-15-18(4-3-5-22(15)26(27,28)29)16(2)31-25-21-14-33(17-7-10-35-11-8-17)24(34)12-19(21)20-13-30-9-6-23(20)32-25/h3-5,12,14,16-17,30H,6-11,13H2,1-2H3,(H,31,32)/t16-/m1/s1. The van der Waals surface area contributed by atoms with Crippen LogP contribution in [0, 0.1) is 6.92 Å². The van der Waals surface area contributed by atoms with Gasteiger partial charge in [-0.05, 0) is 54.8 Å². The molecular formula is C26H29F3N4O2. The molecule has 0 unspecified atom stereocenters. The topological polar surface area (TPSA) is 68.2 Å². The van der Waals surface area contributed by atoms with Crippen LogP contribution in [0.5, 0.6) is 0 Å². The van der Waals surface area contributed by atoms with Gasteiger partial charge >= 0.3 is 6.18 Å². The molecule has 1 fully saturated rings. The fraction of sp³-hybridized carbons (Fsp3) is 0.462. The maximum Gasteiger partial charge on any atom is 0.416 e. The quantitative estimate of drug-likeness (QED) is 0.550. The lowest BCUT2D eigenvalue weighted by Crippen LogP contribution is -2.30. The highest BCUT2D eigenvalue weighted by Gasteiger charge is 2.33. The van der Waals surface area contributed by atoms with Crippen LogP contribution in [0.4, 0.5) is 19.0 Å². The number of rotatable bonds is 4. The Morgan fingerprint density at radius 3 is 2.74 bits per heavy atom. The van der Waals surface area contributed by atoms with Gasteiger partial charge in [0.25, 0.3) is 5.56 Å². The van der Waals surface area contributed by atoms with Crippen LogP contribution in [0.15, 0.2) is 35.3 Å². The smallest absolute Gasteiger partial charge is 0.381 e. The van der Waals surface area contributed by atoms with Gasteiger partial charge in [-0.3, -0.25) is 4.79 Å². The van der Waals surface area contributed by atoms with Crippen molar-refractivity contribution in [1.82, 2.24) is 14.9 Å². The lowest BCUT2D eigenvalue weighted by Gasteiger charge is -2.27. The summed E-state index contributed by atoms with van der Waals surface area (Å²) in [5.74, 6) is 0.589. The number of halogens is 3. The first-order valence-electron chi connectivity index (χ1n) is 12.0. The average Bonchev–Trinajstić information content (AvgIpc) is 2.83. The Labute approximate surface area is 201 Å². The number of benzene rings is 1. The summed E-state index contributed by atoms with van der Waals surface area (Å²) < 4.78 is 47.7. The molecular weight excluding hydrogens is 457 g/mol. The van der Waals surface area contributed by atoms with Gasteiger partial charge in [-0.1, -0.05) is 12.1 Å². The first-order chi connectivity index (χ1) is 16.7. The van der Waals surface area contributed by atoms with Crippen LogP contribution < -0.4 is 16.2 Å². The van der Waals surface area contributed by atoms with E-state index in [0.29, 0.717) is 31.1 Å². The minimum absolute atomic E-state index is 0.0470. The molecule has 6 nitrogen and oxygen atoms in total. The van der Waals surface area contributed by atoms with E-state index >= 15 is 0 Å². The Morgan fingerprint density at radius 2 is 2.00 bits per heavy atom. The molecule has 0 amide bonds. The van der Waals surface area contributed by atoms with Crippen LogP contribution in [0.2, 0.25) is 0 Å². The normalized spacial score (nSPS) is 17.9. The van der Waals surface area contributed by atoms with Crippen LogP contribution in [0.3, 0.4) is 0 Å². The monoisotopic (exact) mass is 486 g/mol. The SMILES string of the molecule is Cc1c([C@@H](C)Nc2nc3c(c4cc(=O)n(C5CCOCC5)cc24)CNCC3)cccc1C(F)(F)F. The van der Waals surface area contributed by atoms with Gasteiger partial charge < -0.3 is 19.9 Å². The third-order valence-corrected chi connectivity index (χ3v) is 7.18. The van der Waals surface area contributed by atoms with Crippen LogP contribution in [0.25, 0.3) is 10.8 Å². The van der Waals surface area contributed by atoms with Crippen molar-refractivity contribution in [1.29, 1.82) is 0 Å². The molecule has 0 bridgehead atoms. The number of alkyl halides is 3. The summed E-state index contributed by atoms with van der Waals surface area (Å²) in [5, 5.41) is 8.37. The number of nitrogens with one attached hydrogen (secondary N) is 2. The third-order valence-electron chi connectivity index (χ3n) is 7.18. The summed E-state index contributed by atoms with van der Waals surface area (Å²) in [6.45, 7) is 5.97. The van der Waals surface area contributed by atoms with Gasteiger partial charge in [0.1, 0.15) is 5.82 Å². The Bertz CT molecular complexity index is 1310. The van der Waals surface area contributed by atoms with Gasteiger partial charge in [0.15, 0.2) is 0 Å². The van der Waals surface area contributed by atoms with Crippen molar-refractivity contribution < 1.29 is 17.9 Å². The summed E-state index contributed by atoms with van der Waals surface area (Å²) in [6, 6.07) is 5.57. The third kappa shape index (κ3) is 4.54. The molecule has 1 atom stereocenters. The zero-order valence-corrected chi connectivity index (χ0v) is 19.8. The van der Waals surface area contributed by atoms with Crippen molar-refractivity contribution in [3.63, 3.8) is 0 Å². The van der Waals surface area contributed by atoms with Crippen LogP contribution in [0.1, 0.15) is 59.8 Å². The maximum absolute atomic E-state index is 13.5. The summed E-state index contributed by atoms with van der Waals surface area (Å²) in [7, 11) is 0. The van der Waals surface area contributed by atoms with Gasteiger partial charge in [0.2, 0.25) is 0 Å². The fourth-order valence-corrected chi connectivity index (χ4v) is 5.30. The highest BCUT2D eigenvalue weighted by molar-refractivity contribution is 5.94. The van der Waals surface area contributed by atoms with Gasteiger partial charge in [0, 0.05) is 62.1 Å². The predicted octanol–water partition coefficient (Wildman–Crippen LogP) is 4.89. The molecule has 0 aliphatic carbocycles. The molecule has 4 heterocycles. The van der Waals surface area contributed by atoms with E-state index in [1.807, 2.05) is 13.1 Å². The van der Waals surface area contributed by atoms with E-state index in [9.17, 15) is 18.0 Å².